The van der Waals surface area contributed by atoms with Gasteiger partial charge in [0.25, 0.3) is 5.91 Å². The maximum absolute atomic E-state index is 11.7. The Morgan fingerprint density at radius 3 is 2.70 bits per heavy atom. The lowest BCUT2D eigenvalue weighted by Crippen LogP contribution is -2.26. The van der Waals surface area contributed by atoms with Crippen LogP contribution in [0.4, 0.5) is 5.69 Å². The van der Waals surface area contributed by atoms with Crippen molar-refractivity contribution in [1.29, 1.82) is 0 Å². The van der Waals surface area contributed by atoms with Crippen molar-refractivity contribution < 1.29 is 4.79 Å². The van der Waals surface area contributed by atoms with Crippen molar-refractivity contribution in [2.24, 2.45) is 5.10 Å². The van der Waals surface area contributed by atoms with Crippen LogP contribution < -0.4 is 10.7 Å². The van der Waals surface area contributed by atoms with E-state index in [1.807, 2.05) is 61.5 Å². The van der Waals surface area contributed by atoms with Gasteiger partial charge in [0, 0.05) is 10.7 Å². The fourth-order valence-corrected chi connectivity index (χ4v) is 1.98. The molecule has 23 heavy (non-hydrogen) atoms. The number of allylic oxidation sites excluding steroid dienone is 1. The number of carbonyl (C=O) groups excluding carboxylic acids is 1. The van der Waals surface area contributed by atoms with Crippen LogP contribution in [0.2, 0.25) is 5.02 Å². The second kappa shape index (κ2) is 8.76. The van der Waals surface area contributed by atoms with E-state index >= 15 is 0 Å². The van der Waals surface area contributed by atoms with Crippen LogP contribution in [0.5, 0.6) is 0 Å². The Morgan fingerprint density at radius 1 is 1.17 bits per heavy atom. The Kier molecular flexibility index (Phi) is 6.39. The zero-order valence-electron chi connectivity index (χ0n) is 12.8. The van der Waals surface area contributed by atoms with Crippen LogP contribution in [0.15, 0.2) is 65.8 Å². The normalized spacial score (nSPS) is 11.5. The van der Waals surface area contributed by atoms with Gasteiger partial charge in [-0.15, -0.1) is 0 Å². The molecule has 2 N–H and O–H groups in total. The zero-order chi connectivity index (χ0) is 16.5. The molecule has 0 unspecified atom stereocenters. The Bertz CT molecular complexity index is 711. The number of nitrogens with one attached hydrogen (secondary N) is 2. The molecule has 4 nitrogen and oxygen atoms in total. The first-order valence-electron chi connectivity index (χ1n) is 7.19. The molecule has 5 heteroatoms. The van der Waals surface area contributed by atoms with Crippen molar-refractivity contribution >= 4 is 35.0 Å². The number of hydrogen-bond acceptors (Lipinski definition) is 3. The van der Waals surface area contributed by atoms with Crippen LogP contribution in [0.1, 0.15) is 12.5 Å². The zero-order valence-corrected chi connectivity index (χ0v) is 13.5. The van der Waals surface area contributed by atoms with E-state index in [1.54, 1.807) is 12.1 Å². The summed E-state index contributed by atoms with van der Waals surface area (Å²) in [6.45, 7) is 1.95. The Labute approximate surface area is 140 Å². The average molecular weight is 328 g/mol. The van der Waals surface area contributed by atoms with Crippen molar-refractivity contribution in [1.82, 2.24) is 5.43 Å². The van der Waals surface area contributed by atoms with E-state index in [9.17, 15) is 4.79 Å². The fraction of sp³-hybridized carbons (Fsp3) is 0.111. The minimum atomic E-state index is -0.225. The van der Waals surface area contributed by atoms with Gasteiger partial charge in [0.15, 0.2) is 0 Å². The van der Waals surface area contributed by atoms with E-state index in [0.717, 1.165) is 11.3 Å². The third-order valence-electron chi connectivity index (χ3n) is 2.95. The number of amides is 1. The summed E-state index contributed by atoms with van der Waals surface area (Å²) in [5, 5.41) is 7.64. The monoisotopic (exact) mass is 327 g/mol. The lowest BCUT2D eigenvalue weighted by Gasteiger charge is -2.05. The topological polar surface area (TPSA) is 53.5 Å². The summed E-state index contributed by atoms with van der Waals surface area (Å²) in [6.07, 6.45) is 3.79. The molecule has 2 aromatic carbocycles. The summed E-state index contributed by atoms with van der Waals surface area (Å²) in [5.41, 5.74) is 5.09. The van der Waals surface area contributed by atoms with Crippen LogP contribution in [-0.4, -0.2) is 18.2 Å². The largest absolute Gasteiger partial charge is 0.376 e. The first-order valence-corrected chi connectivity index (χ1v) is 7.57. The molecule has 0 radical (unpaired) electrons. The van der Waals surface area contributed by atoms with Gasteiger partial charge in [-0.05, 0) is 36.8 Å². The third kappa shape index (κ3) is 6.36. The lowest BCUT2D eigenvalue weighted by atomic mass is 10.2. The van der Waals surface area contributed by atoms with E-state index in [2.05, 4.69) is 15.8 Å². The molecule has 0 aliphatic heterocycles. The van der Waals surface area contributed by atoms with Crippen LogP contribution >= 0.6 is 11.6 Å². The predicted molar refractivity (Wildman–Crippen MR) is 96.7 cm³/mol. The van der Waals surface area contributed by atoms with Gasteiger partial charge < -0.3 is 5.32 Å². The summed E-state index contributed by atoms with van der Waals surface area (Å²) >= 11 is 5.88. The van der Waals surface area contributed by atoms with Gasteiger partial charge >= 0.3 is 0 Å². The Morgan fingerprint density at radius 2 is 1.96 bits per heavy atom. The second-order valence-electron chi connectivity index (χ2n) is 4.90. The molecule has 2 rings (SSSR count). The quantitative estimate of drug-likeness (QED) is 0.623. The highest BCUT2D eigenvalue weighted by molar-refractivity contribution is 6.30. The van der Waals surface area contributed by atoms with E-state index in [1.165, 1.54) is 0 Å². The second-order valence-corrected chi connectivity index (χ2v) is 5.33. The number of halogens is 1. The molecule has 0 atom stereocenters. The predicted octanol–water partition coefficient (Wildman–Crippen LogP) is 3.96. The number of nitrogens with zero attached hydrogens (tertiary/aromatic N) is 1. The molecule has 0 fully saturated rings. The smallest absolute Gasteiger partial charge is 0.259 e. The van der Waals surface area contributed by atoms with Crippen LogP contribution in [0, 0.1) is 0 Å². The molecule has 0 saturated carbocycles. The molecule has 1 amide bonds. The molecule has 118 valence electrons. The van der Waals surface area contributed by atoms with Crippen LogP contribution in [0.3, 0.4) is 0 Å². The van der Waals surface area contributed by atoms with Gasteiger partial charge in [-0.2, -0.15) is 5.10 Å². The van der Waals surface area contributed by atoms with Gasteiger partial charge in [0.2, 0.25) is 0 Å². The molecule has 0 aliphatic carbocycles. The third-order valence-corrected chi connectivity index (χ3v) is 3.19. The van der Waals surface area contributed by atoms with Gasteiger partial charge in [-0.25, -0.2) is 5.43 Å². The Balaban J connectivity index is 1.79. The molecule has 2 aromatic rings. The van der Waals surface area contributed by atoms with Gasteiger partial charge in [0.1, 0.15) is 0 Å². The van der Waals surface area contributed by atoms with E-state index < -0.39 is 0 Å². The fourth-order valence-electron chi connectivity index (χ4n) is 1.79. The average Bonchev–Trinajstić information content (AvgIpc) is 2.57. The summed E-state index contributed by atoms with van der Waals surface area (Å²) in [4.78, 5) is 11.7. The molecule has 0 bridgehead atoms. The molecular formula is C18H18ClN3O. The van der Waals surface area contributed by atoms with Gasteiger partial charge in [-0.3, -0.25) is 4.79 Å². The molecular weight excluding hydrogens is 310 g/mol. The Hall–Kier alpha value is -2.59. The maximum atomic E-state index is 11.7. The number of hydrazone groups is 1. The maximum Gasteiger partial charge on any atom is 0.259 e. The van der Waals surface area contributed by atoms with Crippen molar-refractivity contribution in [2.45, 2.75) is 6.92 Å². The van der Waals surface area contributed by atoms with Gasteiger partial charge in [-0.1, -0.05) is 54.1 Å². The minimum absolute atomic E-state index is 0.125. The molecule has 0 aliphatic rings. The van der Waals surface area contributed by atoms with Crippen LogP contribution in [-0.2, 0) is 4.79 Å². The highest BCUT2D eigenvalue weighted by Crippen LogP contribution is 2.14. The first-order chi connectivity index (χ1) is 11.1. The number of carbonyl (C=O) groups is 1. The van der Waals surface area contributed by atoms with E-state index in [-0.39, 0.29) is 12.5 Å². The lowest BCUT2D eigenvalue weighted by molar-refractivity contribution is -0.119. The van der Waals surface area contributed by atoms with Crippen molar-refractivity contribution in [3.63, 3.8) is 0 Å². The number of hydrogen-bond donors (Lipinski definition) is 2. The van der Waals surface area contributed by atoms with Crippen molar-refractivity contribution in [3.05, 3.63) is 71.3 Å². The van der Waals surface area contributed by atoms with Crippen molar-refractivity contribution in [2.75, 3.05) is 11.9 Å². The molecule has 0 aromatic heterocycles. The standard InChI is InChI=1S/C18H18ClN3O/c1-14(10-11-15-6-3-2-4-7-15)21-22-18(23)13-20-17-9-5-8-16(19)12-17/h2-12,20H,13H2,1H3,(H,22,23)/b11-10+,21-14+. The highest BCUT2D eigenvalue weighted by atomic mass is 35.5. The van der Waals surface area contributed by atoms with Gasteiger partial charge in [0.05, 0.1) is 12.3 Å². The number of benzene rings is 2. The SMILES string of the molecule is CC(/C=C/c1ccccc1)=N\NC(=O)CNc1cccc(Cl)c1. The summed E-state index contributed by atoms with van der Waals surface area (Å²) in [7, 11) is 0. The molecule has 0 saturated heterocycles. The van der Waals surface area contributed by atoms with Crippen molar-refractivity contribution in [3.8, 4) is 0 Å². The van der Waals surface area contributed by atoms with Crippen LogP contribution in [0.25, 0.3) is 6.08 Å². The molecule has 0 spiro atoms. The van der Waals surface area contributed by atoms with E-state index in [4.69, 9.17) is 11.6 Å². The summed E-state index contributed by atoms with van der Waals surface area (Å²) in [5.74, 6) is -0.225. The first kappa shape index (κ1) is 16.8. The van der Waals surface area contributed by atoms with E-state index in [0.29, 0.717) is 10.7 Å². The highest BCUT2D eigenvalue weighted by Gasteiger charge is 2.00. The summed E-state index contributed by atoms with van der Waals surface area (Å²) < 4.78 is 0. The number of anilines is 1. The number of rotatable bonds is 6. The minimum Gasteiger partial charge on any atom is -0.376 e. The summed E-state index contributed by atoms with van der Waals surface area (Å²) in [6, 6.07) is 17.1. The molecule has 0 heterocycles.